The lowest BCUT2D eigenvalue weighted by molar-refractivity contribution is 0.359. The van der Waals surface area contributed by atoms with Gasteiger partial charge in [-0.3, -0.25) is 4.68 Å². The van der Waals surface area contributed by atoms with Crippen molar-refractivity contribution in [3.8, 4) is 0 Å². The lowest BCUT2D eigenvalue weighted by Crippen LogP contribution is -2.37. The lowest BCUT2D eigenvalue weighted by atomic mass is 9.94. The van der Waals surface area contributed by atoms with E-state index in [4.69, 9.17) is 11.6 Å². The van der Waals surface area contributed by atoms with Crippen LogP contribution in [0.4, 0.5) is 0 Å². The summed E-state index contributed by atoms with van der Waals surface area (Å²) >= 11 is 6.33. The number of aromatic nitrogens is 2. The highest BCUT2D eigenvalue weighted by Gasteiger charge is 2.20. The molecule has 0 bridgehead atoms. The predicted octanol–water partition coefficient (Wildman–Crippen LogP) is 3.34. The van der Waals surface area contributed by atoms with Gasteiger partial charge in [-0.05, 0) is 25.8 Å². The highest BCUT2D eigenvalue weighted by molar-refractivity contribution is 6.31. The van der Waals surface area contributed by atoms with Crippen LogP contribution in [-0.2, 0) is 13.5 Å². The first-order valence-electron chi connectivity index (χ1n) is 6.92. The maximum Gasteiger partial charge on any atom is 0.0847 e. The number of rotatable bonds is 7. The summed E-state index contributed by atoms with van der Waals surface area (Å²) in [5.41, 5.74) is 2.07. The Labute approximate surface area is 116 Å². The lowest BCUT2D eigenvalue weighted by Gasteiger charge is -2.24. The molecule has 0 aliphatic heterocycles. The van der Waals surface area contributed by atoms with E-state index < -0.39 is 0 Å². The molecule has 0 radical (unpaired) electrons. The Hall–Kier alpha value is -0.540. The summed E-state index contributed by atoms with van der Waals surface area (Å²) in [6, 6.07) is 0.474. The van der Waals surface area contributed by atoms with E-state index in [9.17, 15) is 0 Å². The van der Waals surface area contributed by atoms with Crippen molar-refractivity contribution in [2.24, 2.45) is 13.0 Å². The van der Waals surface area contributed by atoms with Gasteiger partial charge in [0.2, 0.25) is 0 Å². The molecule has 2 unspecified atom stereocenters. The number of hydrogen-bond donors (Lipinski definition) is 1. The van der Waals surface area contributed by atoms with E-state index in [2.05, 4.69) is 31.2 Å². The van der Waals surface area contributed by atoms with Gasteiger partial charge in [0.15, 0.2) is 0 Å². The molecule has 0 saturated carbocycles. The van der Waals surface area contributed by atoms with Crippen LogP contribution in [0.15, 0.2) is 0 Å². The molecule has 18 heavy (non-hydrogen) atoms. The standard InChI is InChI=1S/C14H26ClN3/c1-6-8-16-12(10(3)7-2)9-13-14(15)11(4)17-18(13)5/h10,12,16H,6-9H2,1-5H3. The Morgan fingerprint density at radius 2 is 2.06 bits per heavy atom. The molecule has 1 aromatic rings. The van der Waals surface area contributed by atoms with Gasteiger partial charge in [0.1, 0.15) is 0 Å². The van der Waals surface area contributed by atoms with Gasteiger partial charge in [0.25, 0.3) is 0 Å². The van der Waals surface area contributed by atoms with Crippen molar-refractivity contribution < 1.29 is 0 Å². The first-order valence-corrected chi connectivity index (χ1v) is 7.30. The molecule has 1 N–H and O–H groups in total. The smallest absolute Gasteiger partial charge is 0.0847 e. The van der Waals surface area contributed by atoms with E-state index in [0.29, 0.717) is 12.0 Å². The van der Waals surface area contributed by atoms with Crippen LogP contribution in [0.5, 0.6) is 0 Å². The van der Waals surface area contributed by atoms with Crippen molar-refractivity contribution in [2.45, 2.75) is 53.0 Å². The summed E-state index contributed by atoms with van der Waals surface area (Å²) in [4.78, 5) is 0. The highest BCUT2D eigenvalue weighted by Crippen LogP contribution is 2.23. The van der Waals surface area contributed by atoms with Crippen LogP contribution in [0.1, 0.15) is 45.0 Å². The van der Waals surface area contributed by atoms with Crippen LogP contribution in [0.3, 0.4) is 0 Å². The average Bonchev–Trinajstić information content (AvgIpc) is 2.59. The van der Waals surface area contributed by atoms with Crippen LogP contribution < -0.4 is 5.32 Å². The van der Waals surface area contributed by atoms with Crippen LogP contribution in [0.2, 0.25) is 5.02 Å². The van der Waals surface area contributed by atoms with Crippen molar-refractivity contribution in [3.05, 3.63) is 16.4 Å². The van der Waals surface area contributed by atoms with E-state index in [1.807, 2.05) is 18.7 Å². The zero-order valence-corrected chi connectivity index (χ0v) is 13.0. The molecule has 0 fully saturated rings. The van der Waals surface area contributed by atoms with Crippen molar-refractivity contribution in [3.63, 3.8) is 0 Å². The van der Waals surface area contributed by atoms with E-state index in [1.165, 1.54) is 6.42 Å². The maximum absolute atomic E-state index is 6.33. The molecule has 0 aliphatic rings. The van der Waals surface area contributed by atoms with Gasteiger partial charge in [-0.2, -0.15) is 5.10 Å². The molecule has 1 rings (SSSR count). The van der Waals surface area contributed by atoms with Gasteiger partial charge in [0, 0.05) is 19.5 Å². The van der Waals surface area contributed by atoms with Crippen LogP contribution in [0, 0.1) is 12.8 Å². The van der Waals surface area contributed by atoms with E-state index in [1.54, 1.807) is 0 Å². The minimum absolute atomic E-state index is 0.474. The normalized spacial score (nSPS) is 14.8. The Morgan fingerprint density at radius 1 is 1.39 bits per heavy atom. The summed E-state index contributed by atoms with van der Waals surface area (Å²) < 4.78 is 1.92. The Bertz CT molecular complexity index is 373. The molecular weight excluding hydrogens is 246 g/mol. The van der Waals surface area contributed by atoms with Gasteiger partial charge in [-0.25, -0.2) is 0 Å². The average molecular weight is 272 g/mol. The topological polar surface area (TPSA) is 29.9 Å². The second kappa shape index (κ2) is 7.15. The SMILES string of the molecule is CCCNC(Cc1c(Cl)c(C)nn1C)C(C)CC. The van der Waals surface area contributed by atoms with Crippen molar-refractivity contribution in [2.75, 3.05) is 6.54 Å². The highest BCUT2D eigenvalue weighted by atomic mass is 35.5. The number of nitrogens with zero attached hydrogens (tertiary/aromatic N) is 2. The summed E-state index contributed by atoms with van der Waals surface area (Å²) in [5, 5.41) is 8.84. The fraction of sp³-hybridized carbons (Fsp3) is 0.786. The molecule has 0 aromatic carbocycles. The largest absolute Gasteiger partial charge is 0.313 e. The van der Waals surface area contributed by atoms with Gasteiger partial charge in [-0.1, -0.05) is 38.8 Å². The molecule has 4 heteroatoms. The number of aryl methyl sites for hydroxylation is 2. The predicted molar refractivity (Wildman–Crippen MR) is 78.2 cm³/mol. The summed E-state index contributed by atoms with van der Waals surface area (Å²) in [6.45, 7) is 9.75. The van der Waals surface area contributed by atoms with Gasteiger partial charge >= 0.3 is 0 Å². The third kappa shape index (κ3) is 3.72. The Morgan fingerprint density at radius 3 is 2.50 bits per heavy atom. The maximum atomic E-state index is 6.33. The fourth-order valence-electron chi connectivity index (χ4n) is 2.20. The molecule has 1 aromatic heterocycles. The van der Waals surface area contributed by atoms with Crippen molar-refractivity contribution in [1.29, 1.82) is 0 Å². The fourth-order valence-corrected chi connectivity index (χ4v) is 2.44. The zero-order chi connectivity index (χ0) is 13.7. The minimum atomic E-state index is 0.474. The first-order chi connectivity index (χ1) is 8.51. The van der Waals surface area contributed by atoms with Crippen molar-refractivity contribution in [1.82, 2.24) is 15.1 Å². The van der Waals surface area contributed by atoms with Crippen molar-refractivity contribution >= 4 is 11.6 Å². The van der Waals surface area contributed by atoms with Crippen LogP contribution in [-0.4, -0.2) is 22.4 Å². The third-order valence-electron chi connectivity index (χ3n) is 3.66. The van der Waals surface area contributed by atoms with Crippen LogP contribution >= 0.6 is 11.6 Å². The summed E-state index contributed by atoms with van der Waals surface area (Å²) in [5.74, 6) is 0.642. The molecule has 0 aliphatic carbocycles. The third-order valence-corrected chi connectivity index (χ3v) is 4.15. The second-order valence-corrected chi connectivity index (χ2v) is 5.50. The molecule has 0 amide bonds. The quantitative estimate of drug-likeness (QED) is 0.824. The summed E-state index contributed by atoms with van der Waals surface area (Å²) in [7, 11) is 1.97. The molecule has 0 spiro atoms. The van der Waals surface area contributed by atoms with Gasteiger partial charge < -0.3 is 5.32 Å². The first kappa shape index (κ1) is 15.5. The molecule has 0 saturated heterocycles. The van der Waals surface area contributed by atoms with Gasteiger partial charge in [0.05, 0.1) is 16.4 Å². The van der Waals surface area contributed by atoms with E-state index >= 15 is 0 Å². The number of hydrogen-bond acceptors (Lipinski definition) is 2. The minimum Gasteiger partial charge on any atom is -0.313 e. The molecule has 3 nitrogen and oxygen atoms in total. The Kier molecular flexibility index (Phi) is 6.16. The molecular formula is C14H26ClN3. The van der Waals surface area contributed by atoms with E-state index in [-0.39, 0.29) is 0 Å². The van der Waals surface area contributed by atoms with Gasteiger partial charge in [-0.15, -0.1) is 0 Å². The van der Waals surface area contributed by atoms with E-state index in [0.717, 1.165) is 35.8 Å². The number of nitrogens with one attached hydrogen (secondary N) is 1. The van der Waals surface area contributed by atoms with Crippen LogP contribution in [0.25, 0.3) is 0 Å². The monoisotopic (exact) mass is 271 g/mol. The number of halogens is 1. The molecule has 2 atom stereocenters. The Balaban J connectivity index is 2.81. The summed E-state index contributed by atoms with van der Waals surface area (Å²) in [6.07, 6.45) is 3.28. The zero-order valence-electron chi connectivity index (χ0n) is 12.3. The molecule has 1 heterocycles. The second-order valence-electron chi connectivity index (χ2n) is 5.12. The molecule has 104 valence electrons.